The molecule has 0 aromatic heterocycles. The molecule has 6 heteroatoms. The third-order valence-corrected chi connectivity index (χ3v) is 5.23. The van der Waals surface area contributed by atoms with Gasteiger partial charge in [-0.25, -0.2) is 0 Å². The number of anilines is 1. The normalized spacial score (nSPS) is 15.3. The van der Waals surface area contributed by atoms with E-state index in [1.807, 2.05) is 48.5 Å². The first kappa shape index (κ1) is 16.7. The Morgan fingerprint density at radius 2 is 2.12 bits per heavy atom. The summed E-state index contributed by atoms with van der Waals surface area (Å²) in [4.78, 5) is 19.0. The van der Waals surface area contributed by atoms with Gasteiger partial charge in [-0.05, 0) is 35.4 Å². The lowest BCUT2D eigenvalue weighted by molar-refractivity contribution is -0.115. The second kappa shape index (κ2) is 7.25. The first-order chi connectivity index (χ1) is 12.7. The highest BCUT2D eigenvalue weighted by Gasteiger charge is 2.26. The molecule has 0 radical (unpaired) electrons. The number of hydrogen-bond donors (Lipinski definition) is 1. The quantitative estimate of drug-likeness (QED) is 0.880. The largest absolute Gasteiger partial charge is 0.497 e. The zero-order valence-corrected chi connectivity index (χ0v) is 15.3. The predicted molar refractivity (Wildman–Crippen MR) is 106 cm³/mol. The molecule has 2 aliphatic heterocycles. The number of carbonyl (C=O) groups is 1. The Kier molecular flexibility index (Phi) is 4.67. The van der Waals surface area contributed by atoms with Crippen LogP contribution in [0.5, 0.6) is 5.75 Å². The van der Waals surface area contributed by atoms with Crippen molar-refractivity contribution >= 4 is 34.2 Å². The van der Waals surface area contributed by atoms with E-state index < -0.39 is 0 Å². The average Bonchev–Trinajstić information content (AvgIpc) is 3.26. The van der Waals surface area contributed by atoms with E-state index in [4.69, 9.17) is 4.74 Å². The van der Waals surface area contributed by atoms with Crippen molar-refractivity contribution in [1.82, 2.24) is 4.90 Å². The molecule has 2 aliphatic rings. The summed E-state index contributed by atoms with van der Waals surface area (Å²) >= 11 is 1.67. The number of rotatable bonds is 5. The van der Waals surface area contributed by atoms with Crippen molar-refractivity contribution < 1.29 is 9.53 Å². The highest BCUT2D eigenvalue weighted by atomic mass is 32.2. The van der Waals surface area contributed by atoms with Gasteiger partial charge in [0.2, 0.25) is 5.91 Å². The van der Waals surface area contributed by atoms with Gasteiger partial charge in [-0.3, -0.25) is 9.79 Å². The van der Waals surface area contributed by atoms with Gasteiger partial charge in [-0.1, -0.05) is 36.0 Å². The monoisotopic (exact) mass is 365 g/mol. The number of ether oxygens (including phenoxy) is 1. The molecule has 0 unspecified atom stereocenters. The summed E-state index contributed by atoms with van der Waals surface area (Å²) in [5.41, 5.74) is 4.03. The van der Waals surface area contributed by atoms with Crippen LogP contribution in [0.1, 0.15) is 11.1 Å². The summed E-state index contributed by atoms with van der Waals surface area (Å²) in [7, 11) is 1.62. The van der Waals surface area contributed by atoms with Gasteiger partial charge >= 0.3 is 0 Å². The number of fused-ring (bicyclic) bond motifs is 1. The Hall–Kier alpha value is -2.73. The number of thioether (sulfide) groups is 1. The van der Waals surface area contributed by atoms with Crippen molar-refractivity contribution in [3.63, 3.8) is 0 Å². The van der Waals surface area contributed by atoms with Crippen molar-refractivity contribution in [2.45, 2.75) is 6.42 Å². The number of hydrogen-bond acceptors (Lipinski definition) is 5. The number of nitrogens with one attached hydrogen (secondary N) is 1. The molecule has 132 valence electrons. The van der Waals surface area contributed by atoms with Gasteiger partial charge in [0.1, 0.15) is 5.75 Å². The molecule has 26 heavy (non-hydrogen) atoms. The maximum atomic E-state index is 12.3. The molecule has 2 heterocycles. The lowest BCUT2D eigenvalue weighted by Gasteiger charge is -2.17. The number of nitrogens with zero attached hydrogens (tertiary/aromatic N) is 2. The summed E-state index contributed by atoms with van der Waals surface area (Å²) in [5, 5.41) is 6.16. The van der Waals surface area contributed by atoms with Crippen LogP contribution in [-0.2, 0) is 11.2 Å². The Bertz CT molecular complexity index is 890. The Labute approximate surface area is 156 Å². The number of carbonyl (C=O) groups excluding carboxylic acids is 1. The number of aliphatic imine (C=N–C) groups is 1. The van der Waals surface area contributed by atoms with Gasteiger partial charge in [-0.2, -0.15) is 0 Å². The first-order valence-electron chi connectivity index (χ1n) is 8.45. The fraction of sp³-hybridized carbons (Fsp3) is 0.200. The topological polar surface area (TPSA) is 53.9 Å². The van der Waals surface area contributed by atoms with Crippen LogP contribution < -0.4 is 10.1 Å². The molecule has 0 aliphatic carbocycles. The molecular weight excluding hydrogens is 346 g/mol. The molecule has 0 bridgehead atoms. The van der Waals surface area contributed by atoms with E-state index in [-0.39, 0.29) is 5.91 Å². The molecule has 2 aromatic rings. The number of methoxy groups -OCH3 is 1. The minimum atomic E-state index is -0.0457. The molecule has 4 rings (SSSR count). The number of benzene rings is 2. The smallest absolute Gasteiger partial charge is 0.228 e. The van der Waals surface area contributed by atoms with Gasteiger partial charge in [0.15, 0.2) is 5.17 Å². The summed E-state index contributed by atoms with van der Waals surface area (Å²) in [6.07, 6.45) is 0.314. The van der Waals surface area contributed by atoms with E-state index >= 15 is 0 Å². The van der Waals surface area contributed by atoms with E-state index in [2.05, 4.69) is 20.6 Å². The van der Waals surface area contributed by atoms with Gasteiger partial charge in [-0.15, -0.1) is 0 Å². The average molecular weight is 365 g/mol. The summed E-state index contributed by atoms with van der Waals surface area (Å²) < 4.78 is 5.20. The molecule has 0 fully saturated rings. The van der Waals surface area contributed by atoms with Crippen molar-refractivity contribution in [3.8, 4) is 5.75 Å². The molecule has 5 nitrogen and oxygen atoms in total. The van der Waals surface area contributed by atoms with Crippen molar-refractivity contribution in [2.24, 2.45) is 4.99 Å². The molecule has 0 saturated heterocycles. The van der Waals surface area contributed by atoms with Crippen LogP contribution in [0.25, 0.3) is 5.70 Å². The Balaban J connectivity index is 1.39. The minimum Gasteiger partial charge on any atom is -0.497 e. The summed E-state index contributed by atoms with van der Waals surface area (Å²) in [6, 6.07) is 15.5. The number of amides is 1. The SMILES string of the molecule is COc1cccc(CC(=O)Nc2ccc(C3=CSC4=NCCN34)cc2)c1. The molecule has 0 saturated carbocycles. The van der Waals surface area contributed by atoms with E-state index in [0.29, 0.717) is 6.42 Å². The van der Waals surface area contributed by atoms with E-state index in [0.717, 1.165) is 40.8 Å². The molecule has 1 N–H and O–H groups in total. The van der Waals surface area contributed by atoms with Gasteiger partial charge < -0.3 is 15.0 Å². The van der Waals surface area contributed by atoms with Crippen LogP contribution in [0.3, 0.4) is 0 Å². The van der Waals surface area contributed by atoms with Crippen LogP contribution in [-0.4, -0.2) is 36.2 Å². The van der Waals surface area contributed by atoms with Crippen LogP contribution in [0.15, 0.2) is 58.9 Å². The third-order valence-electron chi connectivity index (χ3n) is 4.33. The lowest BCUT2D eigenvalue weighted by Crippen LogP contribution is -2.19. The fourth-order valence-electron chi connectivity index (χ4n) is 3.04. The van der Waals surface area contributed by atoms with Crippen molar-refractivity contribution in [2.75, 3.05) is 25.5 Å². The maximum Gasteiger partial charge on any atom is 0.228 e. The summed E-state index contributed by atoms with van der Waals surface area (Å²) in [5.74, 6) is 0.711. The van der Waals surface area contributed by atoms with Crippen molar-refractivity contribution in [1.29, 1.82) is 0 Å². The van der Waals surface area contributed by atoms with Crippen LogP contribution >= 0.6 is 11.8 Å². The maximum absolute atomic E-state index is 12.3. The second-order valence-electron chi connectivity index (χ2n) is 6.09. The molecule has 0 atom stereocenters. The van der Waals surface area contributed by atoms with E-state index in [1.54, 1.807) is 18.9 Å². The molecular formula is C20H19N3O2S. The third kappa shape index (κ3) is 3.46. The molecule has 2 aromatic carbocycles. The minimum absolute atomic E-state index is 0.0457. The summed E-state index contributed by atoms with van der Waals surface area (Å²) in [6.45, 7) is 1.80. The first-order valence-corrected chi connectivity index (χ1v) is 9.33. The van der Waals surface area contributed by atoms with Gasteiger partial charge in [0.05, 0.1) is 25.8 Å². The molecule has 1 amide bonds. The van der Waals surface area contributed by atoms with Crippen molar-refractivity contribution in [3.05, 3.63) is 65.1 Å². The Morgan fingerprint density at radius 3 is 2.92 bits per heavy atom. The highest BCUT2D eigenvalue weighted by molar-refractivity contribution is 8.16. The Morgan fingerprint density at radius 1 is 1.27 bits per heavy atom. The van der Waals surface area contributed by atoms with Crippen LogP contribution in [0, 0.1) is 0 Å². The zero-order valence-electron chi connectivity index (χ0n) is 14.4. The van der Waals surface area contributed by atoms with E-state index in [9.17, 15) is 4.79 Å². The van der Waals surface area contributed by atoms with E-state index in [1.165, 1.54) is 5.70 Å². The lowest BCUT2D eigenvalue weighted by atomic mass is 10.1. The predicted octanol–water partition coefficient (Wildman–Crippen LogP) is 3.59. The van der Waals surface area contributed by atoms with Gasteiger partial charge in [0.25, 0.3) is 0 Å². The molecule has 0 spiro atoms. The zero-order chi connectivity index (χ0) is 17.9. The van der Waals surface area contributed by atoms with Crippen LogP contribution in [0.2, 0.25) is 0 Å². The fourth-order valence-corrected chi connectivity index (χ4v) is 4.01. The number of amidine groups is 1. The van der Waals surface area contributed by atoms with Gasteiger partial charge in [0, 0.05) is 17.6 Å². The highest BCUT2D eigenvalue weighted by Crippen LogP contribution is 2.35. The van der Waals surface area contributed by atoms with Crippen LogP contribution in [0.4, 0.5) is 5.69 Å². The second-order valence-corrected chi connectivity index (χ2v) is 6.93. The standard InChI is InChI=1S/C20H19N3O2S/c1-25-17-4-2-3-14(11-17)12-19(24)22-16-7-5-15(6-8-16)18-13-26-20-21-9-10-23(18)20/h2-8,11,13H,9-10,12H2,1H3,(H,22,24).